The number of hydrogen-bond acceptors (Lipinski definition) is 8. The zero-order valence-electron chi connectivity index (χ0n) is 27.5. The van der Waals surface area contributed by atoms with Gasteiger partial charge in [-0.2, -0.15) is 0 Å². The lowest BCUT2D eigenvalue weighted by Crippen LogP contribution is -2.55. The summed E-state index contributed by atoms with van der Waals surface area (Å²) in [4.78, 5) is 52.4. The maximum Gasteiger partial charge on any atom is 0.249 e. The number of rotatable bonds is 3. The highest BCUT2D eigenvalue weighted by molar-refractivity contribution is 6.64. The number of imide groups is 1. The molecule has 2 aromatic rings. The fourth-order valence-electron chi connectivity index (χ4n) is 6.93. The third kappa shape index (κ3) is 7.11. The molecule has 45 heavy (non-hydrogen) atoms. The van der Waals surface area contributed by atoms with Gasteiger partial charge in [0, 0.05) is 50.9 Å². The van der Waals surface area contributed by atoms with Gasteiger partial charge in [0.2, 0.25) is 17.7 Å². The second-order valence-corrected chi connectivity index (χ2v) is 13.1. The molecule has 1 spiro atoms. The lowest BCUT2D eigenvalue weighted by Gasteiger charge is -2.48. The molecule has 0 saturated carbocycles. The van der Waals surface area contributed by atoms with Gasteiger partial charge in [-0.1, -0.05) is 31.5 Å². The van der Waals surface area contributed by atoms with Crippen molar-refractivity contribution >= 4 is 57.4 Å². The molecule has 4 aliphatic heterocycles. The van der Waals surface area contributed by atoms with E-state index in [1.807, 2.05) is 52.1 Å². The summed E-state index contributed by atoms with van der Waals surface area (Å²) in [5.74, 6) is -0.187. The zero-order valence-corrected chi connectivity index (χ0v) is 28.3. The van der Waals surface area contributed by atoms with Crippen LogP contribution < -0.4 is 25.8 Å². The van der Waals surface area contributed by atoms with Gasteiger partial charge in [-0.25, -0.2) is 4.98 Å². The Morgan fingerprint density at radius 3 is 2.09 bits per heavy atom. The number of carbonyl (C=O) groups excluding carboxylic acids is 3. The number of benzene rings is 1. The van der Waals surface area contributed by atoms with Gasteiger partial charge in [0.15, 0.2) is 0 Å². The van der Waals surface area contributed by atoms with Crippen LogP contribution in [0.3, 0.4) is 0 Å². The normalized spacial score (nSPS) is 22.2. The topological polar surface area (TPSA) is 124 Å². The molecular weight excluding hydrogens is 590 g/mol. The van der Waals surface area contributed by atoms with E-state index >= 15 is 0 Å². The summed E-state index contributed by atoms with van der Waals surface area (Å²) in [5.41, 5.74) is 9.38. The molecule has 1 aromatic carbocycles. The molecule has 0 radical (unpaired) electrons. The number of aromatic nitrogens is 1. The van der Waals surface area contributed by atoms with Crippen molar-refractivity contribution in [3.8, 4) is 0 Å². The van der Waals surface area contributed by atoms with Crippen molar-refractivity contribution in [1.29, 1.82) is 0 Å². The first-order valence-electron chi connectivity index (χ1n) is 16.1. The molecule has 10 nitrogen and oxygen atoms in total. The SMILES string of the molecule is CC.CC1(C)C(=O)N(C2CCC(=O)NC2=O)c2cccc(N3CCC4(CCN(c5ccc(N)nc5)CC4)CC3)c21.CN=C(C)Cl. The fraction of sp³-hybridized carbons (Fsp3) is 0.559. The lowest BCUT2D eigenvalue weighted by atomic mass is 9.71. The standard InChI is InChI=1S/C29H36N6O3.C3H6ClN.C2H6/c1-28(2)25-20(4-3-5-21(25)35(27(28)38)22-7-9-24(36)32-26(22)37)34-16-12-29(13-17-34)10-14-33(15-11-29)19-6-8-23(30)31-18-19;1-3(4)5-2;1-2/h3-6,8,18,22H,7,9-17H2,1-2H3,(H2,30,31)(H,32,36,37);1-2H3;1-2H3. The Labute approximate surface area is 272 Å². The number of piperidine rings is 3. The van der Waals surface area contributed by atoms with E-state index in [0.717, 1.165) is 74.5 Å². The average Bonchev–Trinajstić information content (AvgIpc) is 3.24. The molecule has 0 bridgehead atoms. The molecule has 3 saturated heterocycles. The number of nitrogens with two attached hydrogens (primary N) is 1. The Morgan fingerprint density at radius 2 is 1.56 bits per heavy atom. The van der Waals surface area contributed by atoms with Crippen molar-refractivity contribution in [2.24, 2.45) is 10.4 Å². The molecule has 4 aliphatic rings. The predicted molar refractivity (Wildman–Crippen MR) is 183 cm³/mol. The van der Waals surface area contributed by atoms with Crippen molar-refractivity contribution in [1.82, 2.24) is 10.3 Å². The minimum atomic E-state index is -0.749. The number of anilines is 4. The third-order valence-electron chi connectivity index (χ3n) is 9.61. The highest BCUT2D eigenvalue weighted by Gasteiger charge is 2.51. The average molecular weight is 638 g/mol. The molecule has 5 heterocycles. The molecule has 3 amide bonds. The van der Waals surface area contributed by atoms with Crippen LogP contribution in [-0.4, -0.2) is 67.1 Å². The van der Waals surface area contributed by atoms with E-state index in [4.69, 9.17) is 17.3 Å². The summed E-state index contributed by atoms with van der Waals surface area (Å²) in [5, 5.41) is 3.02. The minimum absolute atomic E-state index is 0.0764. The van der Waals surface area contributed by atoms with E-state index in [2.05, 4.69) is 37.2 Å². The number of hydrogen-bond donors (Lipinski definition) is 2. The van der Waals surface area contributed by atoms with E-state index in [1.165, 1.54) is 0 Å². The van der Waals surface area contributed by atoms with Crippen LogP contribution in [0, 0.1) is 5.41 Å². The van der Waals surface area contributed by atoms with Gasteiger partial charge in [0.1, 0.15) is 11.9 Å². The Kier molecular flexibility index (Phi) is 10.8. The Bertz CT molecular complexity index is 1400. The summed E-state index contributed by atoms with van der Waals surface area (Å²) in [6.45, 7) is 13.6. The largest absolute Gasteiger partial charge is 0.384 e. The monoisotopic (exact) mass is 637 g/mol. The maximum absolute atomic E-state index is 13.7. The summed E-state index contributed by atoms with van der Waals surface area (Å²) >= 11 is 5.21. The number of carbonyl (C=O) groups is 3. The van der Waals surface area contributed by atoms with E-state index in [-0.39, 0.29) is 24.1 Å². The first-order valence-corrected chi connectivity index (χ1v) is 16.4. The number of aliphatic imine (C=N–C) groups is 1. The van der Waals surface area contributed by atoms with Crippen LogP contribution in [0.25, 0.3) is 0 Å². The van der Waals surface area contributed by atoms with Gasteiger partial charge in [-0.3, -0.25) is 29.6 Å². The van der Waals surface area contributed by atoms with Crippen LogP contribution in [0.1, 0.15) is 78.7 Å². The summed E-state index contributed by atoms with van der Waals surface area (Å²) in [6, 6.07) is 9.33. The highest BCUT2D eigenvalue weighted by atomic mass is 35.5. The van der Waals surface area contributed by atoms with Gasteiger partial charge >= 0.3 is 0 Å². The Balaban J connectivity index is 0.000000602. The Morgan fingerprint density at radius 1 is 0.978 bits per heavy atom. The molecule has 3 fully saturated rings. The van der Waals surface area contributed by atoms with Crippen molar-refractivity contribution in [3.63, 3.8) is 0 Å². The van der Waals surface area contributed by atoms with Crippen molar-refractivity contribution < 1.29 is 14.4 Å². The number of amides is 3. The van der Waals surface area contributed by atoms with E-state index in [9.17, 15) is 14.4 Å². The van der Waals surface area contributed by atoms with Crippen LogP contribution in [0.5, 0.6) is 0 Å². The van der Waals surface area contributed by atoms with Gasteiger partial charge in [0.25, 0.3) is 0 Å². The number of nitrogens with one attached hydrogen (secondary N) is 1. The van der Waals surface area contributed by atoms with Crippen LogP contribution >= 0.6 is 11.6 Å². The first-order chi connectivity index (χ1) is 21.5. The maximum atomic E-state index is 13.7. The van der Waals surface area contributed by atoms with Crippen LogP contribution in [0.15, 0.2) is 41.5 Å². The predicted octanol–water partition coefficient (Wildman–Crippen LogP) is 5.28. The molecule has 3 N–H and O–H groups in total. The quantitative estimate of drug-likeness (QED) is 0.347. The second-order valence-electron chi connectivity index (χ2n) is 12.6. The van der Waals surface area contributed by atoms with Gasteiger partial charge in [-0.05, 0) is 82.6 Å². The lowest BCUT2D eigenvalue weighted by molar-refractivity contribution is -0.136. The number of pyridine rings is 1. The van der Waals surface area contributed by atoms with Gasteiger partial charge in [0.05, 0.1) is 28.2 Å². The van der Waals surface area contributed by atoms with Crippen LogP contribution in [0.4, 0.5) is 22.9 Å². The molecule has 1 unspecified atom stereocenters. The number of fused-ring (bicyclic) bond motifs is 1. The zero-order chi connectivity index (χ0) is 32.9. The van der Waals surface area contributed by atoms with E-state index in [0.29, 0.717) is 22.8 Å². The van der Waals surface area contributed by atoms with Gasteiger partial charge < -0.3 is 15.5 Å². The van der Waals surface area contributed by atoms with E-state index < -0.39 is 11.5 Å². The minimum Gasteiger partial charge on any atom is -0.384 e. The second kappa shape index (κ2) is 14.2. The third-order valence-corrected chi connectivity index (χ3v) is 9.78. The van der Waals surface area contributed by atoms with Crippen molar-refractivity contribution in [2.45, 2.75) is 84.6 Å². The van der Waals surface area contributed by atoms with Crippen LogP contribution in [0.2, 0.25) is 0 Å². The van der Waals surface area contributed by atoms with E-state index in [1.54, 1.807) is 18.9 Å². The molecule has 1 atom stereocenters. The summed E-state index contributed by atoms with van der Waals surface area (Å²) < 4.78 is 0. The highest BCUT2D eigenvalue weighted by Crippen LogP contribution is 2.50. The molecule has 0 aliphatic carbocycles. The fourth-order valence-corrected chi connectivity index (χ4v) is 6.93. The van der Waals surface area contributed by atoms with Crippen molar-refractivity contribution in [2.75, 3.05) is 53.7 Å². The van der Waals surface area contributed by atoms with Crippen LogP contribution in [-0.2, 0) is 19.8 Å². The molecule has 11 heteroatoms. The molecule has 6 rings (SSSR count). The number of nitrogen functional groups attached to an aromatic ring is 1. The number of nitrogens with zero attached hydrogens (tertiary/aromatic N) is 5. The van der Waals surface area contributed by atoms with Gasteiger partial charge in [-0.15, -0.1) is 0 Å². The first kappa shape index (κ1) is 34.2. The Hall–Kier alpha value is -3.66. The summed E-state index contributed by atoms with van der Waals surface area (Å²) in [7, 11) is 1.66. The molecule has 1 aromatic heterocycles. The smallest absolute Gasteiger partial charge is 0.249 e. The molecule has 244 valence electrons. The number of halogens is 1. The molecular formula is C34H48ClN7O3. The summed E-state index contributed by atoms with van der Waals surface area (Å²) in [6.07, 6.45) is 7.03. The van der Waals surface area contributed by atoms with Crippen molar-refractivity contribution in [3.05, 3.63) is 42.1 Å².